The van der Waals surface area contributed by atoms with Crippen LogP contribution in [-0.2, 0) is 6.54 Å². The van der Waals surface area contributed by atoms with Crippen LogP contribution < -0.4 is 10.1 Å². The average molecular weight is 271 g/mol. The Kier molecular flexibility index (Phi) is 5.07. The third-order valence-electron chi connectivity index (χ3n) is 3.13. The highest BCUT2D eigenvalue weighted by molar-refractivity contribution is 5.35. The van der Waals surface area contributed by atoms with Crippen LogP contribution in [-0.4, -0.2) is 16.5 Å². The standard InChI is InChI=1S/C16H21N3O/c1-4-7-17-9-14-10-18-16(19-11-14)20-15-6-5-12(2)13(3)8-15/h5-6,8,10-11,17H,4,7,9H2,1-3H3. The van der Waals surface area contributed by atoms with Crippen LogP contribution in [0.1, 0.15) is 30.0 Å². The molecule has 4 nitrogen and oxygen atoms in total. The molecule has 1 aromatic carbocycles. The largest absolute Gasteiger partial charge is 0.424 e. The second-order valence-corrected chi connectivity index (χ2v) is 4.90. The molecule has 0 aliphatic rings. The van der Waals surface area contributed by atoms with E-state index in [9.17, 15) is 0 Å². The summed E-state index contributed by atoms with van der Waals surface area (Å²) >= 11 is 0. The van der Waals surface area contributed by atoms with Gasteiger partial charge in [-0.25, -0.2) is 9.97 Å². The fourth-order valence-corrected chi connectivity index (χ4v) is 1.78. The van der Waals surface area contributed by atoms with Gasteiger partial charge in [-0.05, 0) is 50.1 Å². The topological polar surface area (TPSA) is 47.0 Å². The van der Waals surface area contributed by atoms with E-state index in [1.807, 2.05) is 18.2 Å². The molecule has 0 bridgehead atoms. The van der Waals surface area contributed by atoms with Gasteiger partial charge in [0.2, 0.25) is 0 Å². The van der Waals surface area contributed by atoms with Crippen LogP contribution >= 0.6 is 0 Å². The Bertz CT molecular complexity index is 552. The van der Waals surface area contributed by atoms with Gasteiger partial charge in [0.05, 0.1) is 0 Å². The molecule has 4 heteroatoms. The van der Waals surface area contributed by atoms with Crippen LogP contribution in [0.4, 0.5) is 0 Å². The maximum absolute atomic E-state index is 5.65. The van der Waals surface area contributed by atoms with Crippen molar-refractivity contribution in [3.63, 3.8) is 0 Å². The first kappa shape index (κ1) is 14.5. The van der Waals surface area contributed by atoms with Gasteiger partial charge in [0, 0.05) is 24.5 Å². The molecule has 20 heavy (non-hydrogen) atoms. The van der Waals surface area contributed by atoms with Gasteiger partial charge in [0.25, 0.3) is 0 Å². The summed E-state index contributed by atoms with van der Waals surface area (Å²) in [6.07, 6.45) is 4.72. The van der Waals surface area contributed by atoms with E-state index in [4.69, 9.17) is 4.74 Å². The van der Waals surface area contributed by atoms with E-state index in [0.717, 1.165) is 30.8 Å². The summed E-state index contributed by atoms with van der Waals surface area (Å²) in [5.74, 6) is 0.768. The van der Waals surface area contributed by atoms with Gasteiger partial charge in [-0.2, -0.15) is 0 Å². The maximum atomic E-state index is 5.65. The minimum Gasteiger partial charge on any atom is -0.424 e. The summed E-state index contributed by atoms with van der Waals surface area (Å²) in [5, 5.41) is 3.31. The minimum atomic E-state index is 0.382. The molecule has 0 amide bonds. The highest BCUT2D eigenvalue weighted by Crippen LogP contribution is 2.20. The predicted octanol–water partition coefficient (Wildman–Crippen LogP) is 3.39. The molecule has 0 aliphatic carbocycles. The van der Waals surface area contributed by atoms with Crippen molar-refractivity contribution in [2.45, 2.75) is 33.7 Å². The van der Waals surface area contributed by atoms with Crippen LogP contribution in [0.3, 0.4) is 0 Å². The Morgan fingerprint density at radius 3 is 2.50 bits per heavy atom. The van der Waals surface area contributed by atoms with Crippen LogP contribution in [0.15, 0.2) is 30.6 Å². The van der Waals surface area contributed by atoms with Crippen molar-refractivity contribution in [1.29, 1.82) is 0 Å². The molecule has 0 saturated carbocycles. The maximum Gasteiger partial charge on any atom is 0.321 e. The number of benzene rings is 1. The van der Waals surface area contributed by atoms with Gasteiger partial charge in [0.15, 0.2) is 0 Å². The van der Waals surface area contributed by atoms with Gasteiger partial charge in [-0.1, -0.05) is 13.0 Å². The summed E-state index contributed by atoms with van der Waals surface area (Å²) < 4.78 is 5.65. The first-order valence-electron chi connectivity index (χ1n) is 6.96. The highest BCUT2D eigenvalue weighted by Gasteiger charge is 2.02. The van der Waals surface area contributed by atoms with Gasteiger partial charge in [0.1, 0.15) is 5.75 Å². The van der Waals surface area contributed by atoms with E-state index in [2.05, 4.69) is 36.1 Å². The number of aromatic nitrogens is 2. The number of nitrogens with zero attached hydrogens (tertiary/aromatic N) is 2. The smallest absolute Gasteiger partial charge is 0.321 e. The normalized spacial score (nSPS) is 10.6. The van der Waals surface area contributed by atoms with Crippen LogP contribution in [0, 0.1) is 13.8 Å². The van der Waals surface area contributed by atoms with Gasteiger partial charge in [-0.15, -0.1) is 0 Å². The van der Waals surface area contributed by atoms with Gasteiger partial charge < -0.3 is 10.1 Å². The summed E-state index contributed by atoms with van der Waals surface area (Å²) in [7, 11) is 0. The quantitative estimate of drug-likeness (QED) is 0.818. The molecular formula is C16H21N3O. The molecule has 1 heterocycles. The Balaban J connectivity index is 1.97. The minimum absolute atomic E-state index is 0.382. The van der Waals surface area contributed by atoms with E-state index < -0.39 is 0 Å². The van der Waals surface area contributed by atoms with Crippen molar-refractivity contribution in [1.82, 2.24) is 15.3 Å². The second kappa shape index (κ2) is 7.01. The molecule has 0 fully saturated rings. The number of rotatable bonds is 6. The number of nitrogens with one attached hydrogen (secondary N) is 1. The van der Waals surface area contributed by atoms with Gasteiger partial charge >= 0.3 is 6.01 Å². The molecule has 0 spiro atoms. The lowest BCUT2D eigenvalue weighted by Gasteiger charge is -2.07. The lowest BCUT2D eigenvalue weighted by atomic mass is 10.1. The molecule has 0 radical (unpaired) electrons. The Morgan fingerprint density at radius 2 is 1.85 bits per heavy atom. The van der Waals surface area contributed by atoms with E-state index in [-0.39, 0.29) is 0 Å². The first-order valence-corrected chi connectivity index (χ1v) is 6.96. The molecule has 0 unspecified atom stereocenters. The van der Waals surface area contributed by atoms with Crippen LogP contribution in [0.5, 0.6) is 11.8 Å². The van der Waals surface area contributed by atoms with Crippen LogP contribution in [0.25, 0.3) is 0 Å². The Hall–Kier alpha value is -1.94. The molecule has 0 saturated heterocycles. The van der Waals surface area contributed by atoms with Crippen molar-refractivity contribution in [2.24, 2.45) is 0 Å². The number of hydrogen-bond donors (Lipinski definition) is 1. The number of ether oxygens (including phenoxy) is 1. The Labute approximate surface area is 120 Å². The zero-order chi connectivity index (χ0) is 14.4. The summed E-state index contributed by atoms with van der Waals surface area (Å²) in [6.45, 7) is 8.07. The monoisotopic (exact) mass is 271 g/mol. The fraction of sp³-hybridized carbons (Fsp3) is 0.375. The summed E-state index contributed by atoms with van der Waals surface area (Å²) in [6, 6.07) is 6.35. The van der Waals surface area contributed by atoms with Gasteiger partial charge in [-0.3, -0.25) is 0 Å². The SMILES string of the molecule is CCCNCc1cnc(Oc2ccc(C)c(C)c2)nc1. The zero-order valence-electron chi connectivity index (χ0n) is 12.3. The summed E-state index contributed by atoms with van der Waals surface area (Å²) in [5.41, 5.74) is 3.50. The number of hydrogen-bond acceptors (Lipinski definition) is 4. The molecule has 2 aromatic rings. The molecular weight excluding hydrogens is 250 g/mol. The van der Waals surface area contributed by atoms with Crippen molar-refractivity contribution >= 4 is 0 Å². The molecule has 1 N–H and O–H groups in total. The zero-order valence-corrected chi connectivity index (χ0v) is 12.3. The lowest BCUT2D eigenvalue weighted by molar-refractivity contribution is 0.440. The first-order chi connectivity index (χ1) is 9.69. The average Bonchev–Trinajstić information content (AvgIpc) is 2.45. The fourth-order valence-electron chi connectivity index (χ4n) is 1.78. The number of aryl methyl sites for hydroxylation is 2. The van der Waals surface area contributed by atoms with Crippen molar-refractivity contribution < 1.29 is 4.74 Å². The lowest BCUT2D eigenvalue weighted by Crippen LogP contribution is -2.14. The third-order valence-corrected chi connectivity index (χ3v) is 3.13. The third kappa shape index (κ3) is 4.03. The van der Waals surface area contributed by atoms with E-state index in [1.165, 1.54) is 11.1 Å². The van der Waals surface area contributed by atoms with E-state index in [1.54, 1.807) is 12.4 Å². The second-order valence-electron chi connectivity index (χ2n) is 4.90. The molecule has 1 aromatic heterocycles. The van der Waals surface area contributed by atoms with E-state index >= 15 is 0 Å². The van der Waals surface area contributed by atoms with Crippen molar-refractivity contribution in [3.8, 4) is 11.8 Å². The molecule has 2 rings (SSSR count). The Morgan fingerprint density at radius 1 is 1.10 bits per heavy atom. The van der Waals surface area contributed by atoms with E-state index in [0.29, 0.717) is 6.01 Å². The molecule has 0 aliphatic heterocycles. The van der Waals surface area contributed by atoms with Crippen LogP contribution in [0.2, 0.25) is 0 Å². The van der Waals surface area contributed by atoms with Crippen molar-refractivity contribution in [2.75, 3.05) is 6.54 Å². The molecule has 106 valence electrons. The predicted molar refractivity (Wildman–Crippen MR) is 80.0 cm³/mol. The highest BCUT2D eigenvalue weighted by atomic mass is 16.5. The molecule has 0 atom stereocenters. The van der Waals surface area contributed by atoms with Crippen molar-refractivity contribution in [3.05, 3.63) is 47.3 Å². The summed E-state index contributed by atoms with van der Waals surface area (Å²) in [4.78, 5) is 8.46.